The quantitative estimate of drug-likeness (QED) is 0.661. The summed E-state index contributed by atoms with van der Waals surface area (Å²) in [5.41, 5.74) is -0.168. The Morgan fingerprint density at radius 3 is 2.63 bits per heavy atom. The van der Waals surface area contributed by atoms with Gasteiger partial charge in [0.25, 0.3) is 0 Å². The summed E-state index contributed by atoms with van der Waals surface area (Å²) in [7, 11) is 1.42. The maximum atomic E-state index is 12.9. The maximum Gasteiger partial charge on any atom is 0.309 e. The Kier molecular flexibility index (Phi) is 4.32. The Labute approximate surface area is 177 Å². The number of ketones is 1. The third kappa shape index (κ3) is 2.43. The molecule has 0 radical (unpaired) electrons. The fourth-order valence-electron chi connectivity index (χ4n) is 8.35. The van der Waals surface area contributed by atoms with Crippen molar-refractivity contribution in [1.82, 2.24) is 0 Å². The molecule has 0 aromatic rings. The Morgan fingerprint density at radius 1 is 1.20 bits per heavy atom. The number of methoxy groups -OCH3 is 1. The summed E-state index contributed by atoms with van der Waals surface area (Å²) >= 11 is 0. The summed E-state index contributed by atoms with van der Waals surface area (Å²) in [5.74, 6) is -0.636. The number of ether oxygens (including phenoxy) is 2. The van der Waals surface area contributed by atoms with Gasteiger partial charge in [-0.3, -0.25) is 14.4 Å². The predicted octanol–water partition coefficient (Wildman–Crippen LogP) is 2.96. The van der Waals surface area contributed by atoms with Crippen LogP contribution in [0.2, 0.25) is 0 Å². The lowest BCUT2D eigenvalue weighted by molar-refractivity contribution is -0.197. The van der Waals surface area contributed by atoms with Gasteiger partial charge in [0.15, 0.2) is 5.78 Å². The predicted molar refractivity (Wildman–Crippen MR) is 107 cm³/mol. The SMILES string of the molecule is COC(=O)[C@@H]1CC2=CC(=O)CC[C@]2(C)[C@H]2[C@H]1[C@H]1CC[C@@]3(CCC(=O)O3)[C@]1(C)C[C@@H]2O. The molecule has 164 valence electrons. The number of esters is 2. The van der Waals surface area contributed by atoms with Crippen LogP contribution < -0.4 is 0 Å². The highest BCUT2D eigenvalue weighted by atomic mass is 16.6. The molecule has 0 amide bonds. The first-order valence-corrected chi connectivity index (χ1v) is 11.4. The summed E-state index contributed by atoms with van der Waals surface area (Å²) < 4.78 is 11.2. The first-order valence-electron chi connectivity index (χ1n) is 11.4. The van der Waals surface area contributed by atoms with E-state index in [0.29, 0.717) is 38.5 Å². The molecule has 3 saturated carbocycles. The van der Waals surface area contributed by atoms with Crippen molar-refractivity contribution in [1.29, 1.82) is 0 Å². The van der Waals surface area contributed by atoms with Crippen LogP contribution in [-0.2, 0) is 23.9 Å². The Morgan fingerprint density at radius 2 is 1.97 bits per heavy atom. The topological polar surface area (TPSA) is 89.9 Å². The molecule has 0 bridgehead atoms. The zero-order valence-electron chi connectivity index (χ0n) is 18.1. The van der Waals surface area contributed by atoms with Gasteiger partial charge in [-0.25, -0.2) is 0 Å². The summed E-state index contributed by atoms with van der Waals surface area (Å²) in [6.45, 7) is 4.33. The zero-order chi connectivity index (χ0) is 21.5. The molecule has 0 aromatic carbocycles. The lowest BCUT2D eigenvalue weighted by Gasteiger charge is -2.62. The highest BCUT2D eigenvalue weighted by molar-refractivity contribution is 5.92. The van der Waals surface area contributed by atoms with E-state index < -0.39 is 11.7 Å². The average molecular weight is 417 g/mol. The van der Waals surface area contributed by atoms with E-state index in [4.69, 9.17) is 9.47 Å². The standard InChI is InChI=1S/C24H32O6/c1-22-7-4-14(25)10-13(22)11-15(21(28)29-3)19-16-5-8-24(9-6-18(27)30-24)23(16,2)12-17(26)20(19)22/h10,15-17,19-20,26H,4-9,11-12H2,1-3H3/t15-,16-,17+,19-,20-,22+,23-,24-/m1/s1. The molecule has 1 heterocycles. The number of carbonyl (C=O) groups is 3. The van der Waals surface area contributed by atoms with Crippen LogP contribution in [-0.4, -0.2) is 41.6 Å². The molecule has 0 unspecified atom stereocenters. The third-order valence-electron chi connectivity index (χ3n) is 9.79. The molecule has 4 aliphatic carbocycles. The third-order valence-corrected chi connectivity index (χ3v) is 9.79. The van der Waals surface area contributed by atoms with Crippen molar-refractivity contribution >= 4 is 17.7 Å². The zero-order valence-corrected chi connectivity index (χ0v) is 18.1. The van der Waals surface area contributed by atoms with Crippen LogP contribution in [0, 0.1) is 34.5 Å². The van der Waals surface area contributed by atoms with Crippen molar-refractivity contribution in [3.63, 3.8) is 0 Å². The van der Waals surface area contributed by atoms with Gasteiger partial charge in [0.2, 0.25) is 0 Å². The van der Waals surface area contributed by atoms with Crippen LogP contribution >= 0.6 is 0 Å². The van der Waals surface area contributed by atoms with Crippen molar-refractivity contribution in [3.8, 4) is 0 Å². The lowest BCUT2D eigenvalue weighted by Crippen LogP contribution is -2.62. The van der Waals surface area contributed by atoms with Gasteiger partial charge in [-0.05, 0) is 67.8 Å². The van der Waals surface area contributed by atoms with Gasteiger partial charge in [0.05, 0.1) is 19.1 Å². The van der Waals surface area contributed by atoms with Gasteiger partial charge in [-0.1, -0.05) is 19.4 Å². The number of rotatable bonds is 1. The molecule has 1 aliphatic heterocycles. The van der Waals surface area contributed by atoms with E-state index in [-0.39, 0.29) is 52.2 Å². The van der Waals surface area contributed by atoms with Gasteiger partial charge >= 0.3 is 11.9 Å². The van der Waals surface area contributed by atoms with Crippen LogP contribution in [0.1, 0.15) is 65.2 Å². The number of allylic oxidation sites excluding steroid dienone is 1. The monoisotopic (exact) mass is 416 g/mol. The Hall–Kier alpha value is -1.69. The normalized spacial score (nSPS) is 49.7. The number of carbonyl (C=O) groups excluding carboxylic acids is 3. The van der Waals surface area contributed by atoms with E-state index in [1.165, 1.54) is 7.11 Å². The molecule has 0 aromatic heterocycles. The van der Waals surface area contributed by atoms with Crippen LogP contribution in [0.5, 0.6) is 0 Å². The summed E-state index contributed by atoms with van der Waals surface area (Å²) in [6.07, 6.45) is 6.21. The summed E-state index contributed by atoms with van der Waals surface area (Å²) in [5, 5.41) is 11.6. The highest BCUT2D eigenvalue weighted by Gasteiger charge is 2.71. The van der Waals surface area contributed by atoms with Crippen molar-refractivity contribution in [3.05, 3.63) is 11.6 Å². The molecule has 1 N–H and O–H groups in total. The largest absolute Gasteiger partial charge is 0.469 e. The first kappa shape index (κ1) is 20.2. The Balaban J connectivity index is 1.62. The minimum Gasteiger partial charge on any atom is -0.469 e. The molecule has 1 spiro atoms. The highest BCUT2D eigenvalue weighted by Crippen LogP contribution is 2.70. The molecular formula is C24H32O6. The molecular weight excluding hydrogens is 384 g/mol. The van der Waals surface area contributed by atoms with Crippen molar-refractivity contribution < 1.29 is 29.0 Å². The van der Waals surface area contributed by atoms with Crippen LogP contribution in [0.3, 0.4) is 0 Å². The van der Waals surface area contributed by atoms with E-state index >= 15 is 0 Å². The van der Waals surface area contributed by atoms with Crippen molar-refractivity contribution in [2.75, 3.05) is 7.11 Å². The van der Waals surface area contributed by atoms with Gasteiger partial charge < -0.3 is 14.6 Å². The van der Waals surface area contributed by atoms with E-state index in [1.54, 1.807) is 6.08 Å². The molecule has 30 heavy (non-hydrogen) atoms. The second-order valence-corrected chi connectivity index (χ2v) is 10.8. The number of fused-ring (bicyclic) bond motifs is 6. The van der Waals surface area contributed by atoms with Gasteiger partial charge in [0.1, 0.15) is 5.60 Å². The van der Waals surface area contributed by atoms with Crippen LogP contribution in [0.15, 0.2) is 11.6 Å². The number of aliphatic hydroxyl groups is 1. The van der Waals surface area contributed by atoms with Gasteiger partial charge in [-0.2, -0.15) is 0 Å². The minimum absolute atomic E-state index is 0.0415. The molecule has 8 atom stereocenters. The second-order valence-electron chi connectivity index (χ2n) is 10.8. The number of aliphatic hydroxyl groups excluding tert-OH is 1. The maximum absolute atomic E-state index is 12.9. The number of hydrogen-bond donors (Lipinski definition) is 1. The smallest absolute Gasteiger partial charge is 0.309 e. The van der Waals surface area contributed by atoms with Gasteiger partial charge in [-0.15, -0.1) is 0 Å². The van der Waals surface area contributed by atoms with E-state index in [0.717, 1.165) is 18.4 Å². The minimum atomic E-state index is -0.611. The Bertz CT molecular complexity index is 847. The average Bonchev–Trinajstić information content (AvgIpc) is 3.21. The fourth-order valence-corrected chi connectivity index (χ4v) is 8.35. The first-order chi connectivity index (χ1) is 14.1. The van der Waals surface area contributed by atoms with Crippen molar-refractivity contribution in [2.45, 2.75) is 76.9 Å². The van der Waals surface area contributed by atoms with E-state index in [2.05, 4.69) is 13.8 Å². The fraction of sp³-hybridized carbons (Fsp3) is 0.792. The molecule has 1 saturated heterocycles. The number of hydrogen-bond acceptors (Lipinski definition) is 6. The molecule has 4 fully saturated rings. The summed E-state index contributed by atoms with van der Waals surface area (Å²) in [4.78, 5) is 37.2. The molecule has 6 heteroatoms. The second kappa shape index (κ2) is 6.41. The van der Waals surface area contributed by atoms with E-state index in [1.807, 2.05) is 0 Å². The molecule has 5 rings (SSSR count). The molecule has 5 aliphatic rings. The van der Waals surface area contributed by atoms with Crippen LogP contribution in [0.4, 0.5) is 0 Å². The van der Waals surface area contributed by atoms with Crippen LogP contribution in [0.25, 0.3) is 0 Å². The molecule has 6 nitrogen and oxygen atoms in total. The van der Waals surface area contributed by atoms with E-state index in [9.17, 15) is 19.5 Å². The summed E-state index contributed by atoms with van der Waals surface area (Å²) in [6, 6.07) is 0. The van der Waals surface area contributed by atoms with Crippen molar-refractivity contribution in [2.24, 2.45) is 34.5 Å². The lowest BCUT2D eigenvalue weighted by atomic mass is 9.43. The van der Waals surface area contributed by atoms with Gasteiger partial charge in [0, 0.05) is 18.3 Å².